The number of carbonyl (C=O) groups excluding carboxylic acids is 1. The lowest BCUT2D eigenvalue weighted by atomic mass is 10.1. The molecule has 2 N–H and O–H groups in total. The van der Waals surface area contributed by atoms with Gasteiger partial charge in [0.05, 0.1) is 12.0 Å². The van der Waals surface area contributed by atoms with Gasteiger partial charge >= 0.3 is 0 Å². The van der Waals surface area contributed by atoms with E-state index < -0.39 is 4.92 Å². The molecular weight excluding hydrogens is 344 g/mol. The SMILES string of the molecule is Cc1ccc([N+](=O)[O-])c(NC(=O)C[NH+](C)Cc2ccc(N(C)C)cc2)c1C. The first kappa shape index (κ1) is 20.4. The van der Waals surface area contributed by atoms with Gasteiger partial charge in [0.1, 0.15) is 12.2 Å². The summed E-state index contributed by atoms with van der Waals surface area (Å²) in [6.07, 6.45) is 0. The molecule has 0 fully saturated rings. The number of hydrogen-bond donors (Lipinski definition) is 2. The summed E-state index contributed by atoms with van der Waals surface area (Å²) in [5.41, 5.74) is 4.07. The van der Waals surface area contributed by atoms with Gasteiger partial charge in [-0.2, -0.15) is 0 Å². The van der Waals surface area contributed by atoms with Crippen molar-refractivity contribution >= 4 is 23.0 Å². The molecule has 0 saturated carbocycles. The minimum Gasteiger partial charge on any atom is -0.378 e. The van der Waals surface area contributed by atoms with E-state index in [0.717, 1.165) is 27.3 Å². The number of aryl methyl sites for hydroxylation is 1. The summed E-state index contributed by atoms with van der Waals surface area (Å²) in [7, 11) is 5.91. The summed E-state index contributed by atoms with van der Waals surface area (Å²) in [4.78, 5) is 26.2. The number of nitrogens with one attached hydrogen (secondary N) is 2. The van der Waals surface area contributed by atoms with Crippen molar-refractivity contribution < 1.29 is 14.6 Å². The summed E-state index contributed by atoms with van der Waals surface area (Å²) in [5.74, 6) is -0.241. The second-order valence-corrected chi connectivity index (χ2v) is 7.08. The normalized spacial score (nSPS) is 11.7. The molecule has 0 aromatic heterocycles. The van der Waals surface area contributed by atoms with Crippen molar-refractivity contribution in [3.8, 4) is 0 Å². The van der Waals surface area contributed by atoms with E-state index in [1.807, 2.05) is 57.2 Å². The van der Waals surface area contributed by atoms with Gasteiger partial charge in [0.25, 0.3) is 11.6 Å². The first-order valence-corrected chi connectivity index (χ1v) is 8.81. The van der Waals surface area contributed by atoms with Gasteiger partial charge in [0, 0.05) is 31.4 Å². The lowest BCUT2D eigenvalue weighted by molar-refractivity contribution is -0.885. The molecule has 2 rings (SSSR count). The highest BCUT2D eigenvalue weighted by Gasteiger charge is 2.21. The van der Waals surface area contributed by atoms with Crippen LogP contribution in [0.25, 0.3) is 0 Å². The molecule has 2 aromatic rings. The first-order valence-electron chi connectivity index (χ1n) is 8.81. The largest absolute Gasteiger partial charge is 0.378 e. The van der Waals surface area contributed by atoms with Crippen molar-refractivity contribution in [2.75, 3.05) is 37.9 Å². The van der Waals surface area contributed by atoms with E-state index in [4.69, 9.17) is 0 Å². The van der Waals surface area contributed by atoms with Crippen LogP contribution in [0.5, 0.6) is 0 Å². The summed E-state index contributed by atoms with van der Waals surface area (Å²) >= 11 is 0. The topological polar surface area (TPSA) is 79.9 Å². The molecule has 0 saturated heterocycles. The predicted octanol–water partition coefficient (Wildman–Crippen LogP) is 1.93. The number of likely N-dealkylation sites (N-methyl/N-ethyl adjacent to an activating group) is 1. The second-order valence-electron chi connectivity index (χ2n) is 7.08. The number of nitrogens with zero attached hydrogens (tertiary/aromatic N) is 2. The number of hydrogen-bond acceptors (Lipinski definition) is 4. The van der Waals surface area contributed by atoms with Crippen LogP contribution in [-0.2, 0) is 11.3 Å². The number of carbonyl (C=O) groups is 1. The summed E-state index contributed by atoms with van der Waals surface area (Å²) in [6.45, 7) is 4.56. The number of amides is 1. The van der Waals surface area contributed by atoms with E-state index in [-0.39, 0.29) is 23.8 Å². The standard InChI is InChI=1S/C20H26N4O3/c1-14-6-11-18(24(26)27)20(15(14)2)21-19(25)13-23(5)12-16-7-9-17(10-8-16)22(3)4/h6-11H,12-13H2,1-5H3,(H,21,25)/p+1. The molecule has 1 amide bonds. The molecule has 0 heterocycles. The predicted molar refractivity (Wildman–Crippen MR) is 107 cm³/mol. The molecule has 144 valence electrons. The lowest BCUT2D eigenvalue weighted by Gasteiger charge is -2.16. The van der Waals surface area contributed by atoms with Crippen LogP contribution in [-0.4, -0.2) is 38.5 Å². The molecule has 0 bridgehead atoms. The van der Waals surface area contributed by atoms with Crippen molar-refractivity contribution in [1.82, 2.24) is 0 Å². The fraction of sp³-hybridized carbons (Fsp3) is 0.350. The number of nitro groups is 1. The van der Waals surface area contributed by atoms with Crippen molar-refractivity contribution in [3.05, 3.63) is 63.2 Å². The summed E-state index contributed by atoms with van der Waals surface area (Å²) in [5, 5.41) is 14.0. The Bertz CT molecular complexity index is 832. The maximum absolute atomic E-state index is 12.4. The first-order chi connectivity index (χ1) is 12.7. The number of nitro benzene ring substituents is 1. The zero-order valence-electron chi connectivity index (χ0n) is 16.5. The van der Waals surface area contributed by atoms with Gasteiger partial charge < -0.3 is 15.1 Å². The molecular formula is C20H27N4O3+. The smallest absolute Gasteiger partial charge is 0.293 e. The molecule has 0 aliphatic heterocycles. The van der Waals surface area contributed by atoms with E-state index in [0.29, 0.717) is 6.54 Å². The van der Waals surface area contributed by atoms with Crippen molar-refractivity contribution in [2.45, 2.75) is 20.4 Å². The fourth-order valence-corrected chi connectivity index (χ4v) is 2.89. The molecule has 0 aliphatic carbocycles. The zero-order valence-corrected chi connectivity index (χ0v) is 16.5. The Morgan fingerprint density at radius 1 is 1.15 bits per heavy atom. The highest BCUT2D eigenvalue weighted by atomic mass is 16.6. The van der Waals surface area contributed by atoms with Crippen LogP contribution in [0, 0.1) is 24.0 Å². The van der Waals surface area contributed by atoms with Gasteiger partial charge in [-0.3, -0.25) is 14.9 Å². The maximum atomic E-state index is 12.4. The van der Waals surface area contributed by atoms with E-state index in [9.17, 15) is 14.9 Å². The quantitative estimate of drug-likeness (QED) is 0.576. The van der Waals surface area contributed by atoms with Crippen LogP contribution >= 0.6 is 0 Å². The van der Waals surface area contributed by atoms with Crippen LogP contribution < -0.4 is 15.1 Å². The average molecular weight is 371 g/mol. The van der Waals surface area contributed by atoms with Crippen molar-refractivity contribution in [2.24, 2.45) is 0 Å². The van der Waals surface area contributed by atoms with Gasteiger partial charge in [-0.25, -0.2) is 0 Å². The summed E-state index contributed by atoms with van der Waals surface area (Å²) in [6, 6.07) is 11.3. The Hall–Kier alpha value is -2.93. The third-order valence-corrected chi connectivity index (χ3v) is 4.60. The third kappa shape index (κ3) is 5.27. The number of benzene rings is 2. The highest BCUT2D eigenvalue weighted by Crippen LogP contribution is 2.29. The Balaban J connectivity index is 2.03. The van der Waals surface area contributed by atoms with Gasteiger partial charge in [0.2, 0.25) is 0 Å². The average Bonchev–Trinajstić information content (AvgIpc) is 2.59. The maximum Gasteiger partial charge on any atom is 0.293 e. The molecule has 7 heteroatoms. The molecule has 2 aromatic carbocycles. The van der Waals surface area contributed by atoms with E-state index in [2.05, 4.69) is 5.32 Å². The molecule has 0 radical (unpaired) electrons. The van der Waals surface area contributed by atoms with E-state index in [1.165, 1.54) is 6.07 Å². The number of rotatable bonds is 7. The molecule has 27 heavy (non-hydrogen) atoms. The summed E-state index contributed by atoms with van der Waals surface area (Å²) < 4.78 is 0. The monoisotopic (exact) mass is 371 g/mol. The minimum atomic E-state index is -0.467. The third-order valence-electron chi connectivity index (χ3n) is 4.60. The second kappa shape index (κ2) is 8.64. The van der Waals surface area contributed by atoms with Crippen LogP contribution in [0.15, 0.2) is 36.4 Å². The van der Waals surface area contributed by atoms with Gasteiger partial charge in [-0.05, 0) is 37.1 Å². The highest BCUT2D eigenvalue weighted by molar-refractivity contribution is 5.95. The van der Waals surface area contributed by atoms with Crippen molar-refractivity contribution in [1.29, 1.82) is 0 Å². The Kier molecular flexibility index (Phi) is 6.52. The minimum absolute atomic E-state index is 0.0802. The van der Waals surface area contributed by atoms with Gasteiger partial charge in [0.15, 0.2) is 6.54 Å². The molecule has 0 aliphatic rings. The van der Waals surface area contributed by atoms with Crippen molar-refractivity contribution in [3.63, 3.8) is 0 Å². The van der Waals surface area contributed by atoms with Crippen LogP contribution in [0.1, 0.15) is 16.7 Å². The van der Waals surface area contributed by atoms with Crippen LogP contribution in [0.2, 0.25) is 0 Å². The van der Waals surface area contributed by atoms with Gasteiger partial charge in [-0.1, -0.05) is 18.2 Å². The molecule has 1 unspecified atom stereocenters. The van der Waals surface area contributed by atoms with Gasteiger partial charge in [-0.15, -0.1) is 0 Å². The Morgan fingerprint density at radius 3 is 2.33 bits per heavy atom. The fourth-order valence-electron chi connectivity index (χ4n) is 2.89. The molecule has 7 nitrogen and oxygen atoms in total. The Morgan fingerprint density at radius 2 is 1.78 bits per heavy atom. The van der Waals surface area contributed by atoms with E-state index in [1.54, 1.807) is 13.0 Å². The lowest BCUT2D eigenvalue weighted by Crippen LogP contribution is -3.08. The van der Waals surface area contributed by atoms with Crippen LogP contribution in [0.4, 0.5) is 17.1 Å². The number of anilines is 2. The molecule has 1 atom stereocenters. The number of quaternary nitrogens is 1. The Labute approximate surface area is 159 Å². The van der Waals surface area contributed by atoms with E-state index >= 15 is 0 Å². The molecule has 0 spiro atoms. The zero-order chi connectivity index (χ0) is 20.1. The van der Waals surface area contributed by atoms with Crippen LogP contribution in [0.3, 0.4) is 0 Å².